The highest BCUT2D eigenvalue weighted by atomic mass is 35.5. The van der Waals surface area contributed by atoms with Crippen LogP contribution in [0.5, 0.6) is 5.75 Å². The largest absolute Gasteiger partial charge is 0.497 e. The SMILES string of the molecule is COc1ccc(Cn2nnc(-c3cnn(-c4cccc(Cl)c4)c3S)n2)cc1. The highest BCUT2D eigenvalue weighted by Gasteiger charge is 2.16. The Bertz CT molecular complexity index is 1080. The fourth-order valence-corrected chi connectivity index (χ4v) is 3.12. The maximum atomic E-state index is 6.06. The molecule has 0 radical (unpaired) electrons. The normalized spacial score (nSPS) is 10.9. The van der Waals surface area contributed by atoms with Crippen LogP contribution >= 0.6 is 24.2 Å². The van der Waals surface area contributed by atoms with Gasteiger partial charge in [-0.2, -0.15) is 9.90 Å². The van der Waals surface area contributed by atoms with Crippen LogP contribution in [0.3, 0.4) is 0 Å². The number of hydrogen-bond acceptors (Lipinski definition) is 6. The molecule has 0 amide bonds. The molecule has 4 aromatic rings. The fourth-order valence-electron chi connectivity index (χ4n) is 2.61. The smallest absolute Gasteiger partial charge is 0.209 e. The van der Waals surface area contributed by atoms with E-state index >= 15 is 0 Å². The number of benzene rings is 2. The van der Waals surface area contributed by atoms with Crippen molar-refractivity contribution >= 4 is 24.2 Å². The predicted molar refractivity (Wildman–Crippen MR) is 105 cm³/mol. The lowest BCUT2D eigenvalue weighted by molar-refractivity contribution is 0.414. The van der Waals surface area contributed by atoms with Gasteiger partial charge in [-0.25, -0.2) is 4.68 Å². The van der Waals surface area contributed by atoms with Gasteiger partial charge in [-0.05, 0) is 41.1 Å². The predicted octanol–water partition coefficient (Wildman–Crippen LogP) is 3.52. The van der Waals surface area contributed by atoms with Gasteiger partial charge in [0.25, 0.3) is 0 Å². The fraction of sp³-hybridized carbons (Fsp3) is 0.111. The van der Waals surface area contributed by atoms with Gasteiger partial charge in [0.1, 0.15) is 10.8 Å². The van der Waals surface area contributed by atoms with Crippen LogP contribution in [-0.4, -0.2) is 37.1 Å². The Morgan fingerprint density at radius 1 is 1.15 bits per heavy atom. The second-order valence-electron chi connectivity index (χ2n) is 5.77. The molecule has 0 aliphatic heterocycles. The number of tetrazole rings is 1. The summed E-state index contributed by atoms with van der Waals surface area (Å²) in [4.78, 5) is 1.53. The van der Waals surface area contributed by atoms with Crippen LogP contribution in [0.1, 0.15) is 5.56 Å². The molecule has 2 heterocycles. The zero-order valence-electron chi connectivity index (χ0n) is 14.3. The van der Waals surface area contributed by atoms with Crippen LogP contribution in [0.25, 0.3) is 17.1 Å². The second-order valence-corrected chi connectivity index (χ2v) is 6.63. The topological polar surface area (TPSA) is 70.7 Å². The van der Waals surface area contributed by atoms with E-state index in [-0.39, 0.29) is 0 Å². The molecule has 0 spiro atoms. The molecule has 0 bridgehead atoms. The third-order valence-electron chi connectivity index (χ3n) is 3.97. The first-order valence-electron chi connectivity index (χ1n) is 8.08. The van der Waals surface area contributed by atoms with Crippen molar-refractivity contribution in [1.29, 1.82) is 0 Å². The summed E-state index contributed by atoms with van der Waals surface area (Å²) in [5.41, 5.74) is 2.55. The number of halogens is 1. The second kappa shape index (κ2) is 7.42. The van der Waals surface area contributed by atoms with Crippen molar-refractivity contribution in [2.45, 2.75) is 11.6 Å². The molecule has 2 aromatic heterocycles. The van der Waals surface area contributed by atoms with E-state index in [2.05, 4.69) is 33.1 Å². The quantitative estimate of drug-likeness (QED) is 0.521. The van der Waals surface area contributed by atoms with E-state index < -0.39 is 0 Å². The summed E-state index contributed by atoms with van der Waals surface area (Å²) in [6.07, 6.45) is 1.66. The molecular weight excluding hydrogens is 384 g/mol. The van der Waals surface area contributed by atoms with Gasteiger partial charge >= 0.3 is 0 Å². The Morgan fingerprint density at radius 3 is 2.70 bits per heavy atom. The molecule has 0 fully saturated rings. The number of hydrogen-bond donors (Lipinski definition) is 1. The van der Waals surface area contributed by atoms with Crippen LogP contribution < -0.4 is 4.74 Å². The highest BCUT2D eigenvalue weighted by Crippen LogP contribution is 2.26. The van der Waals surface area contributed by atoms with Crippen molar-refractivity contribution in [2.24, 2.45) is 0 Å². The van der Waals surface area contributed by atoms with Gasteiger partial charge in [-0.3, -0.25) is 0 Å². The first-order chi connectivity index (χ1) is 13.1. The first-order valence-corrected chi connectivity index (χ1v) is 8.90. The Labute approximate surface area is 165 Å². The van der Waals surface area contributed by atoms with Gasteiger partial charge in [0.15, 0.2) is 0 Å². The number of ether oxygens (including phenoxy) is 1. The third-order valence-corrected chi connectivity index (χ3v) is 4.64. The molecule has 2 aromatic carbocycles. The van der Waals surface area contributed by atoms with E-state index in [9.17, 15) is 0 Å². The number of aromatic nitrogens is 6. The molecule has 0 N–H and O–H groups in total. The van der Waals surface area contributed by atoms with E-state index in [0.717, 1.165) is 17.0 Å². The standard InChI is InChI=1S/C18H15ClN6OS/c1-26-15-7-5-12(6-8-15)11-24-22-17(21-23-24)16-10-20-25(18(16)27)14-4-2-3-13(19)9-14/h2-10,27H,11H2,1H3. The van der Waals surface area contributed by atoms with Gasteiger partial charge in [-0.15, -0.1) is 22.8 Å². The van der Waals surface area contributed by atoms with E-state index in [1.807, 2.05) is 42.5 Å². The van der Waals surface area contributed by atoms with Crippen molar-refractivity contribution in [3.05, 3.63) is 65.3 Å². The van der Waals surface area contributed by atoms with Crippen LogP contribution in [0.2, 0.25) is 5.02 Å². The zero-order chi connectivity index (χ0) is 18.8. The Hall–Kier alpha value is -2.84. The van der Waals surface area contributed by atoms with Crippen molar-refractivity contribution in [3.8, 4) is 22.8 Å². The molecule has 27 heavy (non-hydrogen) atoms. The summed E-state index contributed by atoms with van der Waals surface area (Å²) in [6.45, 7) is 0.501. The molecule has 9 heteroatoms. The van der Waals surface area contributed by atoms with E-state index in [1.165, 1.54) is 4.80 Å². The average Bonchev–Trinajstić information content (AvgIpc) is 3.28. The van der Waals surface area contributed by atoms with Gasteiger partial charge < -0.3 is 4.74 Å². The average molecular weight is 399 g/mol. The van der Waals surface area contributed by atoms with Crippen LogP contribution in [-0.2, 0) is 6.54 Å². The minimum Gasteiger partial charge on any atom is -0.497 e. The molecule has 4 rings (SSSR count). The molecule has 0 atom stereocenters. The number of rotatable bonds is 5. The summed E-state index contributed by atoms with van der Waals surface area (Å²) in [5.74, 6) is 1.26. The van der Waals surface area contributed by atoms with E-state index in [0.29, 0.717) is 28.0 Å². The summed E-state index contributed by atoms with van der Waals surface area (Å²) in [5, 5.41) is 18.3. The summed E-state index contributed by atoms with van der Waals surface area (Å²) < 4.78 is 6.84. The van der Waals surface area contributed by atoms with Crippen molar-refractivity contribution in [1.82, 2.24) is 30.0 Å². The van der Waals surface area contributed by atoms with Gasteiger partial charge in [0, 0.05) is 5.02 Å². The van der Waals surface area contributed by atoms with Gasteiger partial charge in [0.05, 0.1) is 31.1 Å². The number of thiol groups is 1. The monoisotopic (exact) mass is 398 g/mol. The molecule has 0 saturated heterocycles. The van der Waals surface area contributed by atoms with Gasteiger partial charge in [0.2, 0.25) is 5.82 Å². The lowest BCUT2D eigenvalue weighted by Gasteiger charge is -2.04. The van der Waals surface area contributed by atoms with Crippen LogP contribution in [0.15, 0.2) is 59.8 Å². The Balaban J connectivity index is 1.58. The summed E-state index contributed by atoms with van der Waals surface area (Å²) >= 11 is 10.6. The number of methoxy groups -OCH3 is 1. The van der Waals surface area contributed by atoms with E-state index in [4.69, 9.17) is 16.3 Å². The lowest BCUT2D eigenvalue weighted by Crippen LogP contribution is -2.04. The molecule has 0 saturated carbocycles. The van der Waals surface area contributed by atoms with Crippen molar-refractivity contribution in [3.63, 3.8) is 0 Å². The van der Waals surface area contributed by atoms with Crippen LogP contribution in [0, 0.1) is 0 Å². The van der Waals surface area contributed by atoms with Crippen molar-refractivity contribution < 1.29 is 4.74 Å². The maximum Gasteiger partial charge on any atom is 0.209 e. The molecule has 7 nitrogen and oxygen atoms in total. The molecule has 0 unspecified atom stereocenters. The first kappa shape index (κ1) is 17.6. The van der Waals surface area contributed by atoms with Crippen molar-refractivity contribution in [2.75, 3.05) is 7.11 Å². The maximum absolute atomic E-state index is 6.06. The molecular formula is C18H15ClN6OS. The molecule has 136 valence electrons. The minimum absolute atomic E-state index is 0.460. The summed E-state index contributed by atoms with van der Waals surface area (Å²) in [6, 6.07) is 15.1. The van der Waals surface area contributed by atoms with Gasteiger partial charge in [-0.1, -0.05) is 29.8 Å². The third kappa shape index (κ3) is 3.67. The van der Waals surface area contributed by atoms with Crippen LogP contribution in [0.4, 0.5) is 0 Å². The molecule has 0 aliphatic carbocycles. The minimum atomic E-state index is 0.460. The Kier molecular flexibility index (Phi) is 4.83. The highest BCUT2D eigenvalue weighted by molar-refractivity contribution is 7.80. The summed E-state index contributed by atoms with van der Waals surface area (Å²) in [7, 11) is 1.64. The zero-order valence-corrected chi connectivity index (χ0v) is 16.0. The molecule has 0 aliphatic rings. The number of nitrogens with zero attached hydrogens (tertiary/aromatic N) is 6. The van der Waals surface area contributed by atoms with E-state index in [1.54, 1.807) is 24.1 Å². The Morgan fingerprint density at radius 2 is 1.96 bits per heavy atom. The lowest BCUT2D eigenvalue weighted by atomic mass is 10.2.